The smallest absolute Gasteiger partial charge is 0.356 e. The molecule has 0 spiro atoms. The molecule has 2 aromatic rings. The zero-order chi connectivity index (χ0) is 14.9. The summed E-state index contributed by atoms with van der Waals surface area (Å²) >= 11 is 2.30. The number of nitrogens with zero attached hydrogens (tertiary/aromatic N) is 1. The number of aromatic carboxylic acids is 1. The van der Waals surface area contributed by atoms with Gasteiger partial charge in [0.2, 0.25) is 0 Å². The first-order valence-corrected chi connectivity index (χ1v) is 8.71. The summed E-state index contributed by atoms with van der Waals surface area (Å²) in [6.45, 7) is 4.05. The Balaban J connectivity index is 2.19. The van der Waals surface area contributed by atoms with Crippen LogP contribution < -0.4 is 4.72 Å². The van der Waals surface area contributed by atoms with Crippen molar-refractivity contribution in [2.45, 2.75) is 24.6 Å². The van der Waals surface area contributed by atoms with Gasteiger partial charge in [-0.2, -0.15) is 0 Å². The highest BCUT2D eigenvalue weighted by atomic mass is 32.2. The van der Waals surface area contributed by atoms with Gasteiger partial charge in [0.05, 0.1) is 5.51 Å². The number of rotatable bonds is 5. The number of aromatic nitrogens is 1. The van der Waals surface area contributed by atoms with E-state index < -0.39 is 21.7 Å². The minimum absolute atomic E-state index is 0.138. The Bertz CT molecular complexity index is 726. The Labute approximate surface area is 124 Å². The van der Waals surface area contributed by atoms with Crippen molar-refractivity contribution >= 4 is 38.7 Å². The van der Waals surface area contributed by atoms with Gasteiger partial charge in [0.15, 0.2) is 9.90 Å². The minimum Gasteiger partial charge on any atom is -0.476 e. The topological polar surface area (TPSA) is 96.4 Å². The van der Waals surface area contributed by atoms with Crippen molar-refractivity contribution in [3.8, 4) is 0 Å². The molecule has 9 heteroatoms. The molecule has 0 radical (unpaired) electrons. The number of nitrogens with one attached hydrogen (secondary N) is 1. The van der Waals surface area contributed by atoms with E-state index in [1.54, 1.807) is 0 Å². The molecule has 2 heterocycles. The lowest BCUT2D eigenvalue weighted by Crippen LogP contribution is -2.23. The van der Waals surface area contributed by atoms with Gasteiger partial charge in [-0.25, -0.2) is 22.9 Å². The number of carboxylic acids is 1. The molecule has 2 aromatic heterocycles. The van der Waals surface area contributed by atoms with Crippen LogP contribution in [0.25, 0.3) is 0 Å². The molecule has 6 nitrogen and oxygen atoms in total. The van der Waals surface area contributed by atoms with Crippen LogP contribution in [0.15, 0.2) is 15.8 Å². The van der Waals surface area contributed by atoms with Crippen LogP contribution in [0, 0.1) is 13.8 Å². The summed E-state index contributed by atoms with van der Waals surface area (Å²) in [5.41, 5.74) is 1.87. The fraction of sp³-hybridized carbons (Fsp3) is 0.273. The van der Waals surface area contributed by atoms with Gasteiger partial charge in [0.25, 0.3) is 10.0 Å². The maximum absolute atomic E-state index is 12.1. The summed E-state index contributed by atoms with van der Waals surface area (Å²) in [5.74, 6) is -1.35. The Morgan fingerprint density at radius 1 is 1.45 bits per heavy atom. The predicted octanol–water partition coefficient (Wildman–Crippen LogP) is 2.00. The lowest BCUT2D eigenvalue weighted by molar-refractivity contribution is 0.0687. The second-order valence-corrected chi connectivity index (χ2v) is 8.23. The van der Waals surface area contributed by atoms with Gasteiger partial charge in [-0.05, 0) is 25.5 Å². The van der Waals surface area contributed by atoms with Crippen molar-refractivity contribution in [1.29, 1.82) is 0 Å². The fourth-order valence-corrected chi connectivity index (χ4v) is 4.81. The molecule has 0 saturated heterocycles. The van der Waals surface area contributed by atoms with Crippen LogP contribution in [-0.2, 0) is 16.6 Å². The largest absolute Gasteiger partial charge is 0.476 e. The predicted molar refractivity (Wildman–Crippen MR) is 76.9 cm³/mol. The first kappa shape index (κ1) is 15.1. The average molecular weight is 332 g/mol. The molecule has 20 heavy (non-hydrogen) atoms. The van der Waals surface area contributed by atoms with E-state index in [1.807, 2.05) is 19.9 Å². The van der Waals surface area contributed by atoms with Crippen molar-refractivity contribution < 1.29 is 18.3 Å². The molecule has 0 bridgehead atoms. The van der Waals surface area contributed by atoms with Crippen LogP contribution in [0.2, 0.25) is 0 Å². The molecule has 0 aliphatic rings. The average Bonchev–Trinajstić information content (AvgIpc) is 2.95. The van der Waals surface area contributed by atoms with Gasteiger partial charge in [0, 0.05) is 16.3 Å². The molecule has 0 saturated carbocycles. The highest BCUT2D eigenvalue weighted by Crippen LogP contribution is 2.23. The van der Waals surface area contributed by atoms with Crippen molar-refractivity contribution in [1.82, 2.24) is 9.71 Å². The Morgan fingerprint density at radius 3 is 2.70 bits per heavy atom. The van der Waals surface area contributed by atoms with Crippen molar-refractivity contribution in [2.24, 2.45) is 0 Å². The summed E-state index contributed by atoms with van der Waals surface area (Å²) in [6.07, 6.45) is 0. The number of aryl methyl sites for hydroxylation is 2. The molecule has 0 aliphatic heterocycles. The molecule has 2 rings (SSSR count). The van der Waals surface area contributed by atoms with Gasteiger partial charge < -0.3 is 5.11 Å². The van der Waals surface area contributed by atoms with Gasteiger partial charge in [-0.15, -0.1) is 22.7 Å². The third kappa shape index (κ3) is 3.06. The van der Waals surface area contributed by atoms with Crippen LogP contribution in [-0.4, -0.2) is 24.5 Å². The number of carbonyl (C=O) groups is 1. The highest BCUT2D eigenvalue weighted by Gasteiger charge is 2.25. The van der Waals surface area contributed by atoms with E-state index in [4.69, 9.17) is 5.11 Å². The van der Waals surface area contributed by atoms with E-state index in [0.717, 1.165) is 26.7 Å². The summed E-state index contributed by atoms with van der Waals surface area (Å²) in [4.78, 5) is 16.5. The molecular weight excluding hydrogens is 320 g/mol. The number of sulfonamides is 1. The Hall–Kier alpha value is -1.29. The SMILES string of the molecule is Cc1cc(CNS(=O)(=O)c2scnc2C(=O)O)sc1C. The standard InChI is InChI=1S/C11H12N2O4S3/c1-6-3-8(19-7(6)2)4-13-20(16,17)11-9(10(14)15)12-5-18-11/h3,5,13H,4H2,1-2H3,(H,14,15). The molecule has 0 aromatic carbocycles. The third-order valence-electron chi connectivity index (χ3n) is 2.63. The van der Waals surface area contributed by atoms with E-state index in [1.165, 1.54) is 16.8 Å². The van der Waals surface area contributed by atoms with Crippen LogP contribution in [0.4, 0.5) is 0 Å². The van der Waals surface area contributed by atoms with Crippen molar-refractivity contribution in [3.05, 3.63) is 32.6 Å². The second-order valence-electron chi connectivity index (χ2n) is 4.07. The number of thiazole rings is 1. The number of thiophene rings is 1. The first-order chi connectivity index (χ1) is 9.31. The minimum atomic E-state index is -3.86. The fourth-order valence-electron chi connectivity index (χ4n) is 1.54. The van der Waals surface area contributed by atoms with E-state index in [9.17, 15) is 13.2 Å². The molecular formula is C11H12N2O4S3. The van der Waals surface area contributed by atoms with E-state index in [-0.39, 0.29) is 10.8 Å². The lowest BCUT2D eigenvalue weighted by Gasteiger charge is -2.03. The van der Waals surface area contributed by atoms with Crippen LogP contribution in [0.1, 0.15) is 25.8 Å². The number of hydrogen-bond acceptors (Lipinski definition) is 6. The molecule has 2 N–H and O–H groups in total. The number of hydrogen-bond donors (Lipinski definition) is 2. The molecule has 0 amide bonds. The summed E-state index contributed by atoms with van der Waals surface area (Å²) in [5, 5.41) is 8.90. The van der Waals surface area contributed by atoms with Crippen LogP contribution in [0.5, 0.6) is 0 Å². The summed E-state index contributed by atoms with van der Waals surface area (Å²) in [7, 11) is -3.86. The number of carboxylic acid groups (broad SMARTS) is 1. The highest BCUT2D eigenvalue weighted by molar-refractivity contribution is 7.91. The van der Waals surface area contributed by atoms with E-state index >= 15 is 0 Å². The summed E-state index contributed by atoms with van der Waals surface area (Å²) in [6, 6.07) is 1.91. The van der Waals surface area contributed by atoms with Gasteiger partial charge in [-0.1, -0.05) is 0 Å². The lowest BCUT2D eigenvalue weighted by atomic mass is 10.3. The molecule has 0 fully saturated rings. The maximum atomic E-state index is 12.1. The molecule has 0 unspecified atom stereocenters. The zero-order valence-corrected chi connectivity index (χ0v) is 13.2. The first-order valence-electron chi connectivity index (χ1n) is 5.53. The Kier molecular flexibility index (Phi) is 4.23. The van der Waals surface area contributed by atoms with Crippen molar-refractivity contribution in [3.63, 3.8) is 0 Å². The second kappa shape index (κ2) is 5.60. The summed E-state index contributed by atoms with van der Waals surface area (Å²) < 4.78 is 26.3. The Morgan fingerprint density at radius 2 is 2.15 bits per heavy atom. The van der Waals surface area contributed by atoms with Crippen LogP contribution >= 0.6 is 22.7 Å². The van der Waals surface area contributed by atoms with E-state index in [0.29, 0.717) is 0 Å². The molecule has 0 atom stereocenters. The normalized spacial score (nSPS) is 11.7. The maximum Gasteiger partial charge on any atom is 0.356 e. The molecule has 0 aliphatic carbocycles. The van der Waals surface area contributed by atoms with Gasteiger partial charge in [0.1, 0.15) is 0 Å². The monoisotopic (exact) mass is 332 g/mol. The molecule has 108 valence electrons. The van der Waals surface area contributed by atoms with Crippen molar-refractivity contribution in [2.75, 3.05) is 0 Å². The zero-order valence-electron chi connectivity index (χ0n) is 10.7. The van der Waals surface area contributed by atoms with Crippen LogP contribution in [0.3, 0.4) is 0 Å². The van der Waals surface area contributed by atoms with Gasteiger partial charge in [-0.3, -0.25) is 0 Å². The van der Waals surface area contributed by atoms with Gasteiger partial charge >= 0.3 is 5.97 Å². The van der Waals surface area contributed by atoms with E-state index in [2.05, 4.69) is 9.71 Å². The quantitative estimate of drug-likeness (QED) is 0.873. The third-order valence-corrected chi connectivity index (χ3v) is 6.56.